The molecular formula is C10H11BrN2O3. The van der Waals surface area contributed by atoms with E-state index in [1.165, 1.54) is 0 Å². The lowest BCUT2D eigenvalue weighted by Gasteiger charge is -2.44. The summed E-state index contributed by atoms with van der Waals surface area (Å²) in [6.07, 6.45) is 1.89. The number of carbonyl (C=O) groups is 3. The summed E-state index contributed by atoms with van der Waals surface area (Å²) in [7, 11) is 0. The SMILES string of the molecule is C=C(Br)CN1C(=O)NC(=O)C2(CCC2)C1=O. The van der Waals surface area contributed by atoms with Gasteiger partial charge in [-0.1, -0.05) is 28.9 Å². The summed E-state index contributed by atoms with van der Waals surface area (Å²) < 4.78 is 0.528. The summed E-state index contributed by atoms with van der Waals surface area (Å²) >= 11 is 3.10. The number of carbonyl (C=O) groups excluding carboxylic acids is 3. The molecule has 2 rings (SSSR count). The van der Waals surface area contributed by atoms with E-state index in [4.69, 9.17) is 0 Å². The Balaban J connectivity index is 2.26. The van der Waals surface area contributed by atoms with E-state index in [1.54, 1.807) is 0 Å². The van der Waals surface area contributed by atoms with Crippen molar-refractivity contribution < 1.29 is 14.4 Å². The molecule has 0 aromatic rings. The lowest BCUT2D eigenvalue weighted by atomic mass is 9.66. The second-order valence-electron chi connectivity index (χ2n) is 4.10. The van der Waals surface area contributed by atoms with Crippen molar-refractivity contribution in [2.24, 2.45) is 5.41 Å². The Morgan fingerprint density at radius 1 is 1.44 bits per heavy atom. The number of barbiturate groups is 1. The number of rotatable bonds is 2. The van der Waals surface area contributed by atoms with Gasteiger partial charge in [-0.25, -0.2) is 4.79 Å². The van der Waals surface area contributed by atoms with Gasteiger partial charge in [0.25, 0.3) is 0 Å². The summed E-state index contributed by atoms with van der Waals surface area (Å²) in [6, 6.07) is -0.659. The van der Waals surface area contributed by atoms with Gasteiger partial charge in [-0.2, -0.15) is 0 Å². The first-order chi connectivity index (χ1) is 7.47. The largest absolute Gasteiger partial charge is 0.331 e. The number of nitrogens with one attached hydrogen (secondary N) is 1. The van der Waals surface area contributed by atoms with Crippen molar-refractivity contribution in [1.29, 1.82) is 0 Å². The van der Waals surface area contributed by atoms with E-state index >= 15 is 0 Å². The first-order valence-electron chi connectivity index (χ1n) is 4.98. The molecule has 1 spiro atoms. The molecule has 1 heterocycles. The molecule has 0 atom stereocenters. The first-order valence-corrected chi connectivity index (χ1v) is 5.77. The van der Waals surface area contributed by atoms with E-state index in [2.05, 4.69) is 27.8 Å². The van der Waals surface area contributed by atoms with Crippen LogP contribution in [-0.4, -0.2) is 29.3 Å². The molecule has 0 radical (unpaired) electrons. The van der Waals surface area contributed by atoms with Gasteiger partial charge in [0.05, 0.1) is 6.54 Å². The van der Waals surface area contributed by atoms with E-state index in [1.807, 2.05) is 0 Å². The van der Waals surface area contributed by atoms with Crippen LogP contribution in [0.25, 0.3) is 0 Å². The molecule has 0 unspecified atom stereocenters. The zero-order valence-corrected chi connectivity index (χ0v) is 10.2. The molecule has 2 aliphatic rings. The molecule has 0 aromatic heterocycles. The van der Waals surface area contributed by atoms with Gasteiger partial charge in [0, 0.05) is 4.48 Å². The Morgan fingerprint density at radius 2 is 2.06 bits per heavy atom. The Morgan fingerprint density at radius 3 is 2.50 bits per heavy atom. The van der Waals surface area contributed by atoms with Crippen LogP contribution in [0.15, 0.2) is 11.1 Å². The molecule has 86 valence electrons. The molecule has 1 aliphatic heterocycles. The molecule has 0 aromatic carbocycles. The predicted molar refractivity (Wildman–Crippen MR) is 59.6 cm³/mol. The summed E-state index contributed by atoms with van der Waals surface area (Å²) in [6.45, 7) is 3.68. The van der Waals surface area contributed by atoms with Crippen LogP contribution in [0, 0.1) is 5.41 Å². The number of hydrogen-bond acceptors (Lipinski definition) is 3. The second kappa shape index (κ2) is 3.69. The standard InChI is InChI=1S/C10H11BrN2O3/c1-6(11)5-13-8(15)10(3-2-4-10)7(14)12-9(13)16/h1-5H2,(H,12,14,16). The van der Waals surface area contributed by atoms with Crippen LogP contribution in [0.3, 0.4) is 0 Å². The molecule has 2 fully saturated rings. The van der Waals surface area contributed by atoms with E-state index < -0.39 is 23.3 Å². The zero-order chi connectivity index (χ0) is 11.9. The minimum atomic E-state index is -0.990. The highest BCUT2D eigenvalue weighted by atomic mass is 79.9. The third-order valence-corrected chi connectivity index (χ3v) is 3.34. The molecule has 1 N–H and O–H groups in total. The molecule has 1 saturated carbocycles. The number of nitrogens with zero attached hydrogens (tertiary/aromatic N) is 1. The van der Waals surface area contributed by atoms with Gasteiger partial charge >= 0.3 is 6.03 Å². The Kier molecular flexibility index (Phi) is 2.61. The monoisotopic (exact) mass is 286 g/mol. The predicted octanol–water partition coefficient (Wildman–Crippen LogP) is 1.14. The van der Waals surface area contributed by atoms with Gasteiger partial charge in [-0.15, -0.1) is 0 Å². The quantitative estimate of drug-likeness (QED) is 0.775. The normalized spacial score (nSPS) is 23.1. The van der Waals surface area contributed by atoms with Gasteiger partial charge < -0.3 is 0 Å². The van der Waals surface area contributed by atoms with Crippen molar-refractivity contribution >= 4 is 33.8 Å². The smallest absolute Gasteiger partial charge is 0.277 e. The maximum Gasteiger partial charge on any atom is 0.331 e. The highest BCUT2D eigenvalue weighted by molar-refractivity contribution is 9.11. The first kappa shape index (κ1) is 11.3. The molecular weight excluding hydrogens is 276 g/mol. The van der Waals surface area contributed by atoms with Crippen molar-refractivity contribution in [2.45, 2.75) is 19.3 Å². The third kappa shape index (κ3) is 1.48. The highest BCUT2D eigenvalue weighted by Crippen LogP contribution is 2.44. The summed E-state index contributed by atoms with van der Waals surface area (Å²) in [5, 5.41) is 2.22. The molecule has 16 heavy (non-hydrogen) atoms. The molecule has 5 nitrogen and oxygen atoms in total. The topological polar surface area (TPSA) is 66.5 Å². The van der Waals surface area contributed by atoms with Crippen molar-refractivity contribution in [1.82, 2.24) is 10.2 Å². The Hall–Kier alpha value is -1.17. The van der Waals surface area contributed by atoms with Crippen LogP contribution in [0.1, 0.15) is 19.3 Å². The van der Waals surface area contributed by atoms with Crippen molar-refractivity contribution in [3.05, 3.63) is 11.1 Å². The summed E-state index contributed by atoms with van der Waals surface area (Å²) in [5.74, 6) is -0.849. The molecule has 4 amide bonds. The number of imide groups is 2. The van der Waals surface area contributed by atoms with Gasteiger partial charge in [0.1, 0.15) is 5.41 Å². The Labute approximate surface area is 101 Å². The van der Waals surface area contributed by atoms with E-state index in [0.717, 1.165) is 11.3 Å². The zero-order valence-electron chi connectivity index (χ0n) is 8.59. The lowest BCUT2D eigenvalue weighted by Crippen LogP contribution is -2.66. The maximum absolute atomic E-state index is 12.1. The second-order valence-corrected chi connectivity index (χ2v) is 5.22. The van der Waals surface area contributed by atoms with Crippen molar-refractivity contribution in [3.63, 3.8) is 0 Å². The fraction of sp³-hybridized carbons (Fsp3) is 0.500. The highest BCUT2D eigenvalue weighted by Gasteiger charge is 2.57. The van der Waals surface area contributed by atoms with Crippen LogP contribution in [0.5, 0.6) is 0 Å². The number of urea groups is 1. The van der Waals surface area contributed by atoms with Crippen molar-refractivity contribution in [2.75, 3.05) is 6.54 Å². The van der Waals surface area contributed by atoms with Gasteiger partial charge in [-0.3, -0.25) is 19.8 Å². The molecule has 1 aliphatic carbocycles. The lowest BCUT2D eigenvalue weighted by molar-refractivity contribution is -0.157. The number of halogens is 1. The Bertz CT molecular complexity index is 401. The van der Waals surface area contributed by atoms with Crippen LogP contribution in [-0.2, 0) is 9.59 Å². The van der Waals surface area contributed by atoms with Crippen LogP contribution >= 0.6 is 15.9 Å². The van der Waals surface area contributed by atoms with Gasteiger partial charge in [0.15, 0.2) is 0 Å². The molecule has 6 heteroatoms. The van der Waals surface area contributed by atoms with Crippen LogP contribution in [0.4, 0.5) is 4.79 Å². The van der Waals surface area contributed by atoms with Gasteiger partial charge in [0.2, 0.25) is 11.8 Å². The molecule has 0 bridgehead atoms. The maximum atomic E-state index is 12.1. The average Bonchev–Trinajstić information content (AvgIpc) is 2.09. The van der Waals surface area contributed by atoms with E-state index in [0.29, 0.717) is 17.3 Å². The summed E-state index contributed by atoms with van der Waals surface area (Å²) in [4.78, 5) is 36.2. The fourth-order valence-electron chi connectivity index (χ4n) is 2.02. The van der Waals surface area contributed by atoms with Gasteiger partial charge in [-0.05, 0) is 12.8 Å². The van der Waals surface area contributed by atoms with Crippen LogP contribution < -0.4 is 5.32 Å². The minimum absolute atomic E-state index is 0.0969. The summed E-state index contributed by atoms with van der Waals surface area (Å²) in [5.41, 5.74) is -0.990. The van der Waals surface area contributed by atoms with E-state index in [-0.39, 0.29) is 6.54 Å². The minimum Gasteiger partial charge on any atom is -0.277 e. The molecule has 1 saturated heterocycles. The van der Waals surface area contributed by atoms with E-state index in [9.17, 15) is 14.4 Å². The average molecular weight is 287 g/mol. The fourth-order valence-corrected chi connectivity index (χ4v) is 2.27. The number of amides is 4. The third-order valence-electron chi connectivity index (χ3n) is 3.09. The van der Waals surface area contributed by atoms with Crippen molar-refractivity contribution in [3.8, 4) is 0 Å². The van der Waals surface area contributed by atoms with Crippen LogP contribution in [0.2, 0.25) is 0 Å². The number of hydrogen-bond donors (Lipinski definition) is 1.